The molecule has 0 aliphatic carbocycles. The number of aromatic nitrogens is 2. The van der Waals surface area contributed by atoms with Gasteiger partial charge in [-0.1, -0.05) is 6.08 Å². The minimum Gasteiger partial charge on any atom is -0.358 e. The topological polar surface area (TPSA) is 38.2 Å². The number of benzene rings is 1. The van der Waals surface area contributed by atoms with Crippen LogP contribution in [-0.4, -0.2) is 29.9 Å². The van der Waals surface area contributed by atoms with Crippen molar-refractivity contribution in [3.63, 3.8) is 0 Å². The molecule has 0 radical (unpaired) electrons. The van der Waals surface area contributed by atoms with Gasteiger partial charge in [-0.3, -0.25) is 0 Å². The molecular formula is C19H21ClFN3O. The number of allylic oxidation sites excluding steroid dienone is 1. The fourth-order valence-corrected chi connectivity index (χ4v) is 3.33. The van der Waals surface area contributed by atoms with Crippen molar-refractivity contribution >= 4 is 17.3 Å². The first-order valence-electron chi connectivity index (χ1n) is 8.37. The highest BCUT2D eigenvalue weighted by Gasteiger charge is 2.24. The maximum Gasteiger partial charge on any atom is 0.222 e. The first-order valence-corrected chi connectivity index (χ1v) is 8.74. The summed E-state index contributed by atoms with van der Waals surface area (Å²) in [7, 11) is 1.88. The number of nitrogens with zero attached hydrogens (tertiary/aromatic N) is 3. The molecule has 1 fully saturated rings. The lowest BCUT2D eigenvalue weighted by atomic mass is 10.0. The third-order valence-corrected chi connectivity index (χ3v) is 4.55. The third kappa shape index (κ3) is 3.99. The van der Waals surface area contributed by atoms with E-state index < -0.39 is 0 Å². The Morgan fingerprint density at radius 2 is 2.28 bits per heavy atom. The molecule has 132 valence electrons. The Morgan fingerprint density at radius 3 is 2.96 bits per heavy atom. The second kappa shape index (κ2) is 7.93. The number of hydrogen-bond donors (Lipinski definition) is 0. The highest BCUT2D eigenvalue weighted by atomic mass is 35.5. The van der Waals surface area contributed by atoms with Gasteiger partial charge in [0, 0.05) is 25.4 Å². The molecule has 6 heteroatoms. The van der Waals surface area contributed by atoms with E-state index in [1.165, 1.54) is 6.07 Å². The van der Waals surface area contributed by atoms with Crippen molar-refractivity contribution in [3.05, 3.63) is 53.7 Å². The molecule has 0 N–H and O–H groups in total. The van der Waals surface area contributed by atoms with E-state index in [4.69, 9.17) is 16.3 Å². The second-order valence-electron chi connectivity index (χ2n) is 6.10. The van der Waals surface area contributed by atoms with Gasteiger partial charge >= 0.3 is 0 Å². The van der Waals surface area contributed by atoms with E-state index >= 15 is 4.39 Å². The van der Waals surface area contributed by atoms with Crippen molar-refractivity contribution in [2.75, 3.05) is 18.6 Å². The standard InChI is InChI=1S/C19H21ClFN3O/c1-3-6-13-11-14(16-8-9-22-19(20)23-16)12-15(21)18(13)24(2)17-7-4-5-10-25-17/h3,8-9,11-12,17H,1,4-7,10H2,2H3. The zero-order valence-corrected chi connectivity index (χ0v) is 15.0. The predicted octanol–water partition coefficient (Wildman–Crippen LogP) is 4.63. The first-order chi connectivity index (χ1) is 12.1. The summed E-state index contributed by atoms with van der Waals surface area (Å²) < 4.78 is 20.8. The molecule has 2 aromatic rings. The normalized spacial score (nSPS) is 17.3. The summed E-state index contributed by atoms with van der Waals surface area (Å²) in [5.41, 5.74) is 2.65. The molecule has 0 saturated carbocycles. The molecule has 25 heavy (non-hydrogen) atoms. The van der Waals surface area contributed by atoms with E-state index in [2.05, 4.69) is 16.5 Å². The van der Waals surface area contributed by atoms with Gasteiger partial charge < -0.3 is 9.64 Å². The molecule has 1 atom stereocenters. The lowest BCUT2D eigenvalue weighted by molar-refractivity contribution is 0.0170. The van der Waals surface area contributed by atoms with Gasteiger partial charge in [-0.05, 0) is 61.0 Å². The first kappa shape index (κ1) is 17.8. The zero-order valence-electron chi connectivity index (χ0n) is 14.2. The minimum absolute atomic E-state index is 0.105. The number of anilines is 1. The van der Waals surface area contributed by atoms with Gasteiger partial charge in [-0.2, -0.15) is 0 Å². The second-order valence-corrected chi connectivity index (χ2v) is 6.44. The smallest absolute Gasteiger partial charge is 0.222 e. The van der Waals surface area contributed by atoms with Crippen LogP contribution in [0.3, 0.4) is 0 Å². The van der Waals surface area contributed by atoms with Crippen LogP contribution in [0.2, 0.25) is 5.28 Å². The Morgan fingerprint density at radius 1 is 1.44 bits per heavy atom. The van der Waals surface area contributed by atoms with Crippen molar-refractivity contribution in [2.24, 2.45) is 0 Å². The van der Waals surface area contributed by atoms with Crippen LogP contribution in [0.25, 0.3) is 11.3 Å². The number of hydrogen-bond acceptors (Lipinski definition) is 4. The van der Waals surface area contributed by atoms with Crippen LogP contribution >= 0.6 is 11.6 Å². The van der Waals surface area contributed by atoms with Gasteiger partial charge in [0.15, 0.2) is 0 Å². The Hall–Kier alpha value is -1.98. The van der Waals surface area contributed by atoms with Crippen molar-refractivity contribution in [2.45, 2.75) is 31.9 Å². The highest BCUT2D eigenvalue weighted by Crippen LogP contribution is 2.33. The van der Waals surface area contributed by atoms with Gasteiger partial charge in [-0.15, -0.1) is 6.58 Å². The molecule has 4 nitrogen and oxygen atoms in total. The molecule has 3 rings (SSSR count). The Kier molecular flexibility index (Phi) is 5.66. The maximum absolute atomic E-state index is 15.0. The summed E-state index contributed by atoms with van der Waals surface area (Å²) >= 11 is 5.86. The van der Waals surface area contributed by atoms with Crippen molar-refractivity contribution in [3.8, 4) is 11.3 Å². The molecule has 1 aromatic carbocycles. The van der Waals surface area contributed by atoms with Crippen LogP contribution in [0.1, 0.15) is 24.8 Å². The summed E-state index contributed by atoms with van der Waals surface area (Å²) in [4.78, 5) is 9.94. The summed E-state index contributed by atoms with van der Waals surface area (Å²) in [6, 6.07) is 5.13. The van der Waals surface area contributed by atoms with Gasteiger partial charge in [0.05, 0.1) is 11.4 Å². The summed E-state index contributed by atoms with van der Waals surface area (Å²) in [6.07, 6.45) is 6.81. The SMILES string of the molecule is C=CCc1cc(-c2ccnc(Cl)n2)cc(F)c1N(C)C1CCCCO1. The van der Waals surface area contributed by atoms with Gasteiger partial charge in [0.25, 0.3) is 0 Å². The van der Waals surface area contributed by atoms with Crippen molar-refractivity contribution in [1.82, 2.24) is 9.97 Å². The van der Waals surface area contributed by atoms with Crippen LogP contribution in [0.4, 0.5) is 10.1 Å². The third-order valence-electron chi connectivity index (χ3n) is 4.37. The van der Waals surface area contributed by atoms with E-state index in [0.29, 0.717) is 30.0 Å². The molecule has 0 spiro atoms. The van der Waals surface area contributed by atoms with Crippen LogP contribution < -0.4 is 4.90 Å². The van der Waals surface area contributed by atoms with Crippen LogP contribution in [0.15, 0.2) is 37.1 Å². The molecule has 1 saturated heterocycles. The Labute approximate surface area is 152 Å². The predicted molar refractivity (Wildman–Crippen MR) is 98.3 cm³/mol. The monoisotopic (exact) mass is 361 g/mol. The van der Waals surface area contributed by atoms with E-state index in [0.717, 1.165) is 24.8 Å². The number of halogens is 2. The fraction of sp³-hybridized carbons (Fsp3) is 0.368. The molecule has 1 aliphatic rings. The zero-order chi connectivity index (χ0) is 17.8. The number of rotatable bonds is 5. The van der Waals surface area contributed by atoms with E-state index in [9.17, 15) is 0 Å². The Bertz CT molecular complexity index is 762. The fourth-order valence-electron chi connectivity index (χ4n) is 3.18. The minimum atomic E-state index is -0.305. The lowest BCUT2D eigenvalue weighted by Crippen LogP contribution is -2.37. The summed E-state index contributed by atoms with van der Waals surface area (Å²) in [6.45, 7) is 4.51. The molecule has 0 amide bonds. The van der Waals surface area contributed by atoms with E-state index in [-0.39, 0.29) is 17.3 Å². The van der Waals surface area contributed by atoms with Crippen LogP contribution in [-0.2, 0) is 11.2 Å². The summed E-state index contributed by atoms with van der Waals surface area (Å²) in [5, 5.41) is 0.139. The quantitative estimate of drug-likeness (QED) is 0.575. The highest BCUT2D eigenvalue weighted by molar-refractivity contribution is 6.28. The molecular weight excluding hydrogens is 341 g/mol. The average Bonchev–Trinajstić information content (AvgIpc) is 2.62. The van der Waals surface area contributed by atoms with Gasteiger partial charge in [0.1, 0.15) is 12.0 Å². The molecule has 2 heterocycles. The maximum atomic E-state index is 15.0. The summed E-state index contributed by atoms with van der Waals surface area (Å²) in [5.74, 6) is -0.305. The van der Waals surface area contributed by atoms with Crippen molar-refractivity contribution in [1.29, 1.82) is 0 Å². The van der Waals surface area contributed by atoms with E-state index in [1.54, 1.807) is 18.3 Å². The number of ether oxygens (including phenoxy) is 1. The van der Waals surface area contributed by atoms with Crippen LogP contribution in [0, 0.1) is 5.82 Å². The molecule has 1 aromatic heterocycles. The van der Waals surface area contributed by atoms with Crippen LogP contribution in [0.5, 0.6) is 0 Å². The lowest BCUT2D eigenvalue weighted by Gasteiger charge is -2.34. The molecule has 1 aliphatic heterocycles. The largest absolute Gasteiger partial charge is 0.358 e. The molecule has 1 unspecified atom stereocenters. The van der Waals surface area contributed by atoms with Gasteiger partial charge in [0.2, 0.25) is 5.28 Å². The van der Waals surface area contributed by atoms with E-state index in [1.807, 2.05) is 18.0 Å². The van der Waals surface area contributed by atoms with Gasteiger partial charge in [-0.25, -0.2) is 14.4 Å². The van der Waals surface area contributed by atoms with Crippen molar-refractivity contribution < 1.29 is 9.13 Å². The average molecular weight is 362 g/mol. The molecule has 0 bridgehead atoms. The Balaban J connectivity index is 2.02.